The molecule has 1 atom stereocenters. The Labute approximate surface area is 115 Å². The molecule has 1 aromatic heterocycles. The maximum absolute atomic E-state index is 13.8. The summed E-state index contributed by atoms with van der Waals surface area (Å²) < 4.78 is 20.5. The number of methoxy groups -OCH3 is 1. The second-order valence-electron chi connectivity index (χ2n) is 4.78. The number of ether oxygens (including phenoxy) is 1. The highest BCUT2D eigenvalue weighted by atomic mass is 19.1. The van der Waals surface area contributed by atoms with Crippen LogP contribution in [-0.4, -0.2) is 27.8 Å². The van der Waals surface area contributed by atoms with E-state index in [1.54, 1.807) is 18.2 Å². The first-order chi connectivity index (χ1) is 9.70. The highest BCUT2D eigenvalue weighted by Gasteiger charge is 2.29. The van der Waals surface area contributed by atoms with Crippen molar-refractivity contribution in [3.63, 3.8) is 0 Å². The lowest BCUT2D eigenvalue weighted by Crippen LogP contribution is -2.27. The Morgan fingerprint density at radius 3 is 2.95 bits per heavy atom. The van der Waals surface area contributed by atoms with Gasteiger partial charge >= 0.3 is 5.97 Å². The first-order valence-electron chi connectivity index (χ1n) is 6.45. The van der Waals surface area contributed by atoms with Crippen LogP contribution in [-0.2, 0) is 22.5 Å². The van der Waals surface area contributed by atoms with Gasteiger partial charge in [0.25, 0.3) is 0 Å². The van der Waals surface area contributed by atoms with Crippen LogP contribution in [0.2, 0.25) is 0 Å². The molecular weight excluding hydrogens is 261 g/mol. The fourth-order valence-electron chi connectivity index (χ4n) is 2.54. The largest absolute Gasteiger partial charge is 0.469 e. The second-order valence-corrected chi connectivity index (χ2v) is 4.78. The van der Waals surface area contributed by atoms with Crippen LogP contribution < -0.4 is 0 Å². The van der Waals surface area contributed by atoms with Gasteiger partial charge in [0.2, 0.25) is 0 Å². The molecule has 0 aliphatic carbocycles. The summed E-state index contributed by atoms with van der Waals surface area (Å²) in [4.78, 5) is 11.6. The molecule has 0 radical (unpaired) electrons. The number of carbonyl (C=O) groups excluding carboxylic acids is 1. The summed E-state index contributed by atoms with van der Waals surface area (Å²) in [5.41, 5.74) is 0.433. The van der Waals surface area contributed by atoms with Crippen LogP contribution in [0, 0.1) is 11.7 Å². The number of fused-ring (bicyclic) bond motifs is 1. The van der Waals surface area contributed by atoms with Crippen molar-refractivity contribution in [3.05, 3.63) is 35.9 Å². The van der Waals surface area contributed by atoms with E-state index < -0.39 is 0 Å². The number of rotatable bonds is 2. The third-order valence-corrected chi connectivity index (χ3v) is 3.61. The summed E-state index contributed by atoms with van der Waals surface area (Å²) in [6.45, 7) is 0.589. The molecule has 2 heterocycles. The molecule has 6 heteroatoms. The Bertz CT molecular complexity index is 654. The van der Waals surface area contributed by atoms with Gasteiger partial charge in [0.05, 0.1) is 18.6 Å². The summed E-state index contributed by atoms with van der Waals surface area (Å²) in [5, 5.41) is 8.15. The molecule has 1 aromatic carbocycles. The van der Waals surface area contributed by atoms with Crippen molar-refractivity contribution in [2.24, 2.45) is 5.92 Å². The molecule has 20 heavy (non-hydrogen) atoms. The van der Waals surface area contributed by atoms with Crippen LogP contribution in [0.4, 0.5) is 4.39 Å². The Balaban J connectivity index is 1.94. The lowest BCUT2D eigenvalue weighted by atomic mass is 9.98. The fourth-order valence-corrected chi connectivity index (χ4v) is 2.54. The predicted molar refractivity (Wildman–Crippen MR) is 69.2 cm³/mol. The molecule has 2 aromatic rings. The van der Waals surface area contributed by atoms with Crippen LogP contribution in [0.1, 0.15) is 12.2 Å². The quantitative estimate of drug-likeness (QED) is 0.784. The van der Waals surface area contributed by atoms with E-state index in [0.717, 1.165) is 0 Å². The Morgan fingerprint density at radius 2 is 2.20 bits per heavy atom. The zero-order chi connectivity index (χ0) is 14.1. The van der Waals surface area contributed by atoms with Gasteiger partial charge in [-0.2, -0.15) is 0 Å². The van der Waals surface area contributed by atoms with Crippen molar-refractivity contribution >= 4 is 5.97 Å². The number of hydrogen-bond acceptors (Lipinski definition) is 4. The van der Waals surface area contributed by atoms with Gasteiger partial charge in [-0.3, -0.25) is 4.79 Å². The summed E-state index contributed by atoms with van der Waals surface area (Å²) >= 11 is 0. The van der Waals surface area contributed by atoms with Gasteiger partial charge in [-0.15, -0.1) is 10.2 Å². The molecule has 0 amide bonds. The minimum absolute atomic E-state index is 0.190. The van der Waals surface area contributed by atoms with Gasteiger partial charge in [0.1, 0.15) is 11.6 Å². The molecule has 1 aliphatic rings. The topological polar surface area (TPSA) is 57.0 Å². The molecule has 0 spiro atoms. The Hall–Kier alpha value is -2.24. The summed E-state index contributed by atoms with van der Waals surface area (Å²) in [7, 11) is 1.38. The van der Waals surface area contributed by atoms with E-state index in [1.807, 2.05) is 4.57 Å². The number of aromatic nitrogens is 3. The lowest BCUT2D eigenvalue weighted by Gasteiger charge is -2.21. The van der Waals surface area contributed by atoms with E-state index in [-0.39, 0.29) is 17.7 Å². The first-order valence-corrected chi connectivity index (χ1v) is 6.45. The van der Waals surface area contributed by atoms with Crippen molar-refractivity contribution < 1.29 is 13.9 Å². The van der Waals surface area contributed by atoms with Crippen molar-refractivity contribution in [1.29, 1.82) is 0 Å². The van der Waals surface area contributed by atoms with E-state index >= 15 is 0 Å². The average molecular weight is 275 g/mol. The zero-order valence-electron chi connectivity index (χ0n) is 11.0. The number of esters is 1. The number of nitrogens with zero attached hydrogens (tertiary/aromatic N) is 3. The van der Waals surface area contributed by atoms with E-state index in [2.05, 4.69) is 10.2 Å². The van der Waals surface area contributed by atoms with Crippen LogP contribution in [0.5, 0.6) is 0 Å². The molecule has 1 unspecified atom stereocenters. The maximum Gasteiger partial charge on any atom is 0.309 e. The molecule has 0 fully saturated rings. The third-order valence-electron chi connectivity index (χ3n) is 3.61. The third kappa shape index (κ3) is 2.07. The fraction of sp³-hybridized carbons (Fsp3) is 0.357. The number of hydrogen-bond donors (Lipinski definition) is 0. The van der Waals surface area contributed by atoms with Gasteiger partial charge in [0.15, 0.2) is 5.82 Å². The van der Waals surface area contributed by atoms with Crippen LogP contribution in [0.25, 0.3) is 11.4 Å². The van der Waals surface area contributed by atoms with Gasteiger partial charge in [-0.25, -0.2) is 4.39 Å². The molecule has 0 bridgehead atoms. The van der Waals surface area contributed by atoms with E-state index in [9.17, 15) is 9.18 Å². The number of benzene rings is 1. The summed E-state index contributed by atoms with van der Waals surface area (Å²) in [6, 6.07) is 6.48. The minimum Gasteiger partial charge on any atom is -0.469 e. The smallest absolute Gasteiger partial charge is 0.309 e. The minimum atomic E-state index is -0.321. The molecule has 0 saturated heterocycles. The average Bonchev–Trinajstić information content (AvgIpc) is 2.90. The molecular formula is C14H14FN3O2. The molecule has 1 aliphatic heterocycles. The van der Waals surface area contributed by atoms with Crippen molar-refractivity contribution in [2.45, 2.75) is 19.4 Å². The van der Waals surface area contributed by atoms with Gasteiger partial charge in [0, 0.05) is 13.0 Å². The highest BCUT2D eigenvalue weighted by Crippen LogP contribution is 2.27. The Kier molecular flexibility index (Phi) is 3.22. The van der Waals surface area contributed by atoms with Crippen molar-refractivity contribution in [3.8, 4) is 11.4 Å². The highest BCUT2D eigenvalue weighted by molar-refractivity contribution is 5.72. The lowest BCUT2D eigenvalue weighted by molar-refractivity contribution is -0.146. The normalized spacial score (nSPS) is 17.6. The molecule has 0 saturated carbocycles. The van der Waals surface area contributed by atoms with Crippen LogP contribution in [0.3, 0.4) is 0 Å². The van der Waals surface area contributed by atoms with Gasteiger partial charge < -0.3 is 9.30 Å². The second kappa shape index (κ2) is 5.03. The van der Waals surface area contributed by atoms with Gasteiger partial charge in [-0.05, 0) is 18.6 Å². The number of halogens is 1. The summed E-state index contributed by atoms with van der Waals surface area (Å²) in [5.74, 6) is 0.473. The zero-order valence-corrected chi connectivity index (χ0v) is 11.0. The standard InChI is InChI=1S/C14H14FN3O2/c1-20-14(19)9-6-7-18-12(8-9)16-17-13(18)10-4-2-3-5-11(10)15/h2-5,9H,6-8H2,1H3. The van der Waals surface area contributed by atoms with E-state index in [4.69, 9.17) is 4.74 Å². The van der Waals surface area contributed by atoms with E-state index in [1.165, 1.54) is 13.2 Å². The van der Waals surface area contributed by atoms with E-state index in [0.29, 0.717) is 36.6 Å². The van der Waals surface area contributed by atoms with Gasteiger partial charge in [-0.1, -0.05) is 12.1 Å². The summed E-state index contributed by atoms with van der Waals surface area (Å²) in [6.07, 6.45) is 1.13. The Morgan fingerprint density at radius 1 is 1.40 bits per heavy atom. The first kappa shape index (κ1) is 12.8. The monoisotopic (exact) mass is 275 g/mol. The molecule has 5 nitrogen and oxygen atoms in total. The van der Waals surface area contributed by atoms with Crippen LogP contribution in [0.15, 0.2) is 24.3 Å². The predicted octanol–water partition coefficient (Wildman–Crippen LogP) is 1.82. The molecule has 0 N–H and O–H groups in total. The van der Waals surface area contributed by atoms with Crippen molar-refractivity contribution in [2.75, 3.05) is 7.11 Å². The SMILES string of the molecule is COC(=O)C1CCn2c(nnc2-c2ccccc2F)C1. The molecule has 3 rings (SSSR count). The van der Waals surface area contributed by atoms with Crippen LogP contribution >= 0.6 is 0 Å². The maximum atomic E-state index is 13.8. The number of carbonyl (C=O) groups is 1. The molecule has 104 valence electrons. The van der Waals surface area contributed by atoms with Crippen molar-refractivity contribution in [1.82, 2.24) is 14.8 Å².